The minimum absolute atomic E-state index is 0.208. The van der Waals surface area contributed by atoms with E-state index in [1.54, 1.807) is 4.90 Å². The molecular weight excluding hydrogens is 344 g/mol. The summed E-state index contributed by atoms with van der Waals surface area (Å²) in [6.07, 6.45) is -0.208. The van der Waals surface area contributed by atoms with Crippen LogP contribution >= 0.6 is 15.9 Å². The zero-order valence-electron chi connectivity index (χ0n) is 13.8. The first-order chi connectivity index (χ1) is 10.3. The standard InChI is InChI=1S/C17H25BrN2O2/c1-13(14-7-5-6-8-15(14)18)19-9-11-20(12-10-19)16(21)22-17(2,3)4/h5-8,13H,9-12H2,1-4H3. The van der Waals surface area contributed by atoms with Gasteiger partial charge in [-0.3, -0.25) is 4.90 Å². The fourth-order valence-corrected chi connectivity index (χ4v) is 3.24. The number of hydrogen-bond acceptors (Lipinski definition) is 3. The minimum atomic E-state index is -0.434. The summed E-state index contributed by atoms with van der Waals surface area (Å²) in [5, 5.41) is 0. The molecule has 1 atom stereocenters. The molecule has 0 spiro atoms. The molecule has 1 aromatic rings. The van der Waals surface area contributed by atoms with Crippen LogP contribution in [0.4, 0.5) is 4.79 Å². The van der Waals surface area contributed by atoms with Crippen LogP contribution in [-0.2, 0) is 4.74 Å². The van der Waals surface area contributed by atoms with Gasteiger partial charge in [0, 0.05) is 36.7 Å². The van der Waals surface area contributed by atoms with Gasteiger partial charge in [0.25, 0.3) is 0 Å². The van der Waals surface area contributed by atoms with Gasteiger partial charge in [0.2, 0.25) is 0 Å². The summed E-state index contributed by atoms with van der Waals surface area (Å²) in [6, 6.07) is 8.64. The summed E-state index contributed by atoms with van der Waals surface area (Å²) in [5.41, 5.74) is 0.851. The molecule has 1 fully saturated rings. The molecule has 1 aliphatic heterocycles. The molecular formula is C17H25BrN2O2. The summed E-state index contributed by atoms with van der Waals surface area (Å²) >= 11 is 3.62. The lowest BCUT2D eigenvalue weighted by molar-refractivity contribution is 0.0110. The summed E-state index contributed by atoms with van der Waals surface area (Å²) in [7, 11) is 0. The van der Waals surface area contributed by atoms with E-state index in [-0.39, 0.29) is 6.09 Å². The van der Waals surface area contributed by atoms with E-state index in [0.29, 0.717) is 19.1 Å². The number of carbonyl (C=O) groups excluding carboxylic acids is 1. The Morgan fingerprint density at radius 3 is 2.32 bits per heavy atom. The molecule has 1 saturated heterocycles. The van der Waals surface area contributed by atoms with E-state index in [0.717, 1.165) is 17.6 Å². The van der Waals surface area contributed by atoms with Crippen LogP contribution in [-0.4, -0.2) is 47.7 Å². The summed E-state index contributed by atoms with van der Waals surface area (Å²) in [6.45, 7) is 11.1. The highest BCUT2D eigenvalue weighted by atomic mass is 79.9. The van der Waals surface area contributed by atoms with E-state index in [4.69, 9.17) is 4.74 Å². The zero-order valence-corrected chi connectivity index (χ0v) is 15.4. The predicted molar refractivity (Wildman–Crippen MR) is 91.9 cm³/mol. The number of piperazine rings is 1. The summed E-state index contributed by atoms with van der Waals surface area (Å²) in [4.78, 5) is 16.3. The molecule has 22 heavy (non-hydrogen) atoms. The van der Waals surface area contributed by atoms with Gasteiger partial charge >= 0.3 is 6.09 Å². The molecule has 0 radical (unpaired) electrons. The zero-order chi connectivity index (χ0) is 16.3. The average molecular weight is 369 g/mol. The number of rotatable bonds is 2. The molecule has 0 bridgehead atoms. The van der Waals surface area contributed by atoms with Gasteiger partial charge < -0.3 is 9.64 Å². The number of amides is 1. The third kappa shape index (κ3) is 4.46. The van der Waals surface area contributed by atoms with Crippen LogP contribution in [0.15, 0.2) is 28.7 Å². The Bertz CT molecular complexity index is 520. The van der Waals surface area contributed by atoms with Crippen molar-refractivity contribution in [1.82, 2.24) is 9.80 Å². The van der Waals surface area contributed by atoms with E-state index in [2.05, 4.69) is 46.0 Å². The first-order valence-corrected chi connectivity index (χ1v) is 8.53. The fraction of sp³-hybridized carbons (Fsp3) is 0.588. The van der Waals surface area contributed by atoms with E-state index in [9.17, 15) is 4.79 Å². The maximum Gasteiger partial charge on any atom is 0.410 e. The molecule has 0 saturated carbocycles. The van der Waals surface area contributed by atoms with Gasteiger partial charge in [-0.25, -0.2) is 4.79 Å². The molecule has 0 aromatic heterocycles. The lowest BCUT2D eigenvalue weighted by atomic mass is 10.1. The predicted octanol–water partition coefficient (Wildman–Crippen LogP) is 4.06. The highest BCUT2D eigenvalue weighted by Crippen LogP contribution is 2.28. The monoisotopic (exact) mass is 368 g/mol. The van der Waals surface area contributed by atoms with Crippen LogP contribution in [0.1, 0.15) is 39.3 Å². The van der Waals surface area contributed by atoms with Crippen molar-refractivity contribution in [2.24, 2.45) is 0 Å². The van der Waals surface area contributed by atoms with Gasteiger partial charge in [-0.2, -0.15) is 0 Å². The number of halogens is 1. The number of carbonyl (C=O) groups is 1. The van der Waals surface area contributed by atoms with Crippen molar-refractivity contribution in [3.63, 3.8) is 0 Å². The van der Waals surface area contributed by atoms with Crippen molar-refractivity contribution in [2.45, 2.75) is 39.3 Å². The maximum atomic E-state index is 12.1. The molecule has 0 N–H and O–H groups in total. The molecule has 4 nitrogen and oxygen atoms in total. The largest absolute Gasteiger partial charge is 0.444 e. The van der Waals surface area contributed by atoms with Crippen LogP contribution in [0.5, 0.6) is 0 Å². The molecule has 1 aliphatic rings. The normalized spacial score (nSPS) is 18.1. The number of hydrogen-bond donors (Lipinski definition) is 0. The molecule has 1 aromatic carbocycles. The Morgan fingerprint density at radius 2 is 1.77 bits per heavy atom. The van der Waals surface area contributed by atoms with Gasteiger partial charge in [0.15, 0.2) is 0 Å². The Balaban J connectivity index is 1.92. The molecule has 2 rings (SSSR count). The lowest BCUT2D eigenvalue weighted by Crippen LogP contribution is -2.50. The van der Waals surface area contributed by atoms with Crippen molar-refractivity contribution < 1.29 is 9.53 Å². The Labute approximate surface area is 141 Å². The first kappa shape index (κ1) is 17.3. The van der Waals surface area contributed by atoms with Crippen LogP contribution in [0.2, 0.25) is 0 Å². The van der Waals surface area contributed by atoms with Crippen molar-refractivity contribution in [1.29, 1.82) is 0 Å². The Hall–Kier alpha value is -1.07. The van der Waals surface area contributed by atoms with Crippen LogP contribution < -0.4 is 0 Å². The lowest BCUT2D eigenvalue weighted by Gasteiger charge is -2.38. The molecule has 1 amide bonds. The van der Waals surface area contributed by atoms with E-state index in [1.807, 2.05) is 26.8 Å². The summed E-state index contributed by atoms with van der Waals surface area (Å²) < 4.78 is 6.57. The first-order valence-electron chi connectivity index (χ1n) is 7.74. The minimum Gasteiger partial charge on any atom is -0.444 e. The van der Waals surface area contributed by atoms with Gasteiger partial charge in [-0.05, 0) is 39.3 Å². The van der Waals surface area contributed by atoms with Crippen molar-refractivity contribution in [3.05, 3.63) is 34.3 Å². The summed E-state index contributed by atoms with van der Waals surface area (Å²) in [5.74, 6) is 0. The topological polar surface area (TPSA) is 32.8 Å². The van der Waals surface area contributed by atoms with E-state index < -0.39 is 5.60 Å². The van der Waals surface area contributed by atoms with Gasteiger partial charge in [0.1, 0.15) is 5.60 Å². The maximum absolute atomic E-state index is 12.1. The van der Waals surface area contributed by atoms with Crippen molar-refractivity contribution in [2.75, 3.05) is 26.2 Å². The number of nitrogens with zero attached hydrogens (tertiary/aromatic N) is 2. The van der Waals surface area contributed by atoms with Gasteiger partial charge in [0.05, 0.1) is 0 Å². The highest BCUT2D eigenvalue weighted by molar-refractivity contribution is 9.10. The average Bonchev–Trinajstić information content (AvgIpc) is 2.45. The molecule has 0 aliphatic carbocycles. The van der Waals surface area contributed by atoms with Gasteiger partial charge in [-0.15, -0.1) is 0 Å². The quantitative estimate of drug-likeness (QED) is 0.788. The molecule has 1 unspecified atom stereocenters. The second-order valence-corrected chi connectivity index (χ2v) is 7.56. The fourth-order valence-electron chi connectivity index (χ4n) is 2.63. The van der Waals surface area contributed by atoms with Crippen LogP contribution in [0.3, 0.4) is 0 Å². The third-order valence-electron chi connectivity index (χ3n) is 3.87. The number of ether oxygens (including phenoxy) is 1. The van der Waals surface area contributed by atoms with E-state index >= 15 is 0 Å². The molecule has 122 valence electrons. The Kier molecular flexibility index (Phi) is 5.50. The smallest absolute Gasteiger partial charge is 0.410 e. The molecule has 5 heteroatoms. The SMILES string of the molecule is CC(c1ccccc1Br)N1CCN(C(=O)OC(C)(C)C)CC1. The third-order valence-corrected chi connectivity index (χ3v) is 4.59. The van der Waals surface area contributed by atoms with Gasteiger partial charge in [-0.1, -0.05) is 34.1 Å². The molecule has 1 heterocycles. The second kappa shape index (κ2) is 7.01. The van der Waals surface area contributed by atoms with Crippen molar-refractivity contribution >= 4 is 22.0 Å². The van der Waals surface area contributed by atoms with Crippen LogP contribution in [0.25, 0.3) is 0 Å². The second-order valence-electron chi connectivity index (χ2n) is 6.70. The van der Waals surface area contributed by atoms with E-state index in [1.165, 1.54) is 5.56 Å². The number of benzene rings is 1. The highest BCUT2D eigenvalue weighted by Gasteiger charge is 2.28. The van der Waals surface area contributed by atoms with Crippen molar-refractivity contribution in [3.8, 4) is 0 Å². The Morgan fingerprint density at radius 1 is 1.18 bits per heavy atom. The van der Waals surface area contributed by atoms with Crippen LogP contribution in [0, 0.1) is 0 Å².